The van der Waals surface area contributed by atoms with Gasteiger partial charge in [-0.15, -0.1) is 0 Å². The minimum absolute atomic E-state index is 0.0423. The fourth-order valence-corrected chi connectivity index (χ4v) is 3.01. The number of carbonyl (C=O) groups is 2. The number of nitrogens with one attached hydrogen (secondary N) is 1. The van der Waals surface area contributed by atoms with E-state index in [0.717, 1.165) is 29.3 Å². The van der Waals surface area contributed by atoms with E-state index in [0.29, 0.717) is 19.5 Å². The molecule has 1 fully saturated rings. The molecule has 126 valence electrons. The van der Waals surface area contributed by atoms with Crippen LogP contribution in [0.1, 0.15) is 38.7 Å². The SMILES string of the molecule is CCC(C)NC(=O)C1CCN(C(=O)Cc2ccc(Br)cc2)CC1. The van der Waals surface area contributed by atoms with Gasteiger partial charge in [-0.3, -0.25) is 9.59 Å². The number of carbonyl (C=O) groups excluding carboxylic acids is 2. The van der Waals surface area contributed by atoms with E-state index in [1.54, 1.807) is 0 Å². The number of hydrogen-bond donors (Lipinski definition) is 1. The quantitative estimate of drug-likeness (QED) is 0.852. The summed E-state index contributed by atoms with van der Waals surface area (Å²) in [6.45, 7) is 5.44. The largest absolute Gasteiger partial charge is 0.353 e. The molecule has 0 spiro atoms. The fraction of sp³-hybridized carbons (Fsp3) is 0.556. The Hall–Kier alpha value is -1.36. The average molecular weight is 381 g/mol. The molecule has 2 amide bonds. The summed E-state index contributed by atoms with van der Waals surface area (Å²) < 4.78 is 1.02. The van der Waals surface area contributed by atoms with Crippen molar-refractivity contribution in [3.05, 3.63) is 34.3 Å². The zero-order valence-electron chi connectivity index (χ0n) is 13.8. The first-order chi connectivity index (χ1) is 11.0. The van der Waals surface area contributed by atoms with Crippen LogP contribution in [0, 0.1) is 5.92 Å². The van der Waals surface area contributed by atoms with Gasteiger partial charge < -0.3 is 10.2 Å². The third-order valence-corrected chi connectivity index (χ3v) is 5.02. The lowest BCUT2D eigenvalue weighted by Crippen LogP contribution is -2.45. The molecule has 4 nitrogen and oxygen atoms in total. The molecule has 23 heavy (non-hydrogen) atoms. The summed E-state index contributed by atoms with van der Waals surface area (Å²) in [4.78, 5) is 26.4. The van der Waals surface area contributed by atoms with Crippen LogP contribution < -0.4 is 5.32 Å². The van der Waals surface area contributed by atoms with Crippen molar-refractivity contribution in [3.8, 4) is 0 Å². The van der Waals surface area contributed by atoms with Crippen molar-refractivity contribution in [2.75, 3.05) is 13.1 Å². The topological polar surface area (TPSA) is 49.4 Å². The summed E-state index contributed by atoms with van der Waals surface area (Å²) in [7, 11) is 0. The van der Waals surface area contributed by atoms with Crippen LogP contribution in [0.2, 0.25) is 0 Å². The van der Waals surface area contributed by atoms with Crippen molar-refractivity contribution in [3.63, 3.8) is 0 Å². The van der Waals surface area contributed by atoms with Gasteiger partial charge in [0.1, 0.15) is 0 Å². The Labute approximate surface area is 146 Å². The van der Waals surface area contributed by atoms with Crippen molar-refractivity contribution < 1.29 is 9.59 Å². The zero-order chi connectivity index (χ0) is 16.8. The summed E-state index contributed by atoms with van der Waals surface area (Å²) in [6, 6.07) is 8.06. The molecule has 1 saturated heterocycles. The van der Waals surface area contributed by atoms with Crippen LogP contribution in [-0.2, 0) is 16.0 Å². The summed E-state index contributed by atoms with van der Waals surface area (Å²) in [5, 5.41) is 3.04. The van der Waals surface area contributed by atoms with Gasteiger partial charge in [0.25, 0.3) is 0 Å². The molecule has 2 rings (SSSR count). The molecule has 1 heterocycles. The normalized spacial score (nSPS) is 16.9. The molecule has 0 saturated carbocycles. The van der Waals surface area contributed by atoms with Gasteiger partial charge in [0.15, 0.2) is 0 Å². The highest BCUT2D eigenvalue weighted by Gasteiger charge is 2.27. The molecule has 1 N–H and O–H groups in total. The zero-order valence-corrected chi connectivity index (χ0v) is 15.4. The number of halogens is 1. The molecule has 1 aromatic carbocycles. The second kappa shape index (κ2) is 8.48. The summed E-state index contributed by atoms with van der Waals surface area (Å²) >= 11 is 3.40. The Morgan fingerprint density at radius 3 is 2.43 bits per heavy atom. The summed E-state index contributed by atoms with van der Waals surface area (Å²) in [5.74, 6) is 0.327. The van der Waals surface area contributed by atoms with Crippen LogP contribution in [0.25, 0.3) is 0 Å². The van der Waals surface area contributed by atoms with Crippen LogP contribution in [0.3, 0.4) is 0 Å². The molecular weight excluding hydrogens is 356 g/mol. The first kappa shape index (κ1) is 18.0. The summed E-state index contributed by atoms with van der Waals surface area (Å²) in [6.07, 6.45) is 2.88. The highest BCUT2D eigenvalue weighted by molar-refractivity contribution is 9.10. The van der Waals surface area contributed by atoms with E-state index in [4.69, 9.17) is 0 Å². The smallest absolute Gasteiger partial charge is 0.226 e. The Bertz CT molecular complexity index is 536. The molecule has 1 aromatic rings. The minimum Gasteiger partial charge on any atom is -0.353 e. The summed E-state index contributed by atoms with van der Waals surface area (Å²) in [5.41, 5.74) is 1.02. The molecule has 0 aliphatic carbocycles. The van der Waals surface area contributed by atoms with E-state index in [2.05, 4.69) is 28.2 Å². The first-order valence-electron chi connectivity index (χ1n) is 8.32. The van der Waals surface area contributed by atoms with Crippen molar-refractivity contribution in [2.45, 2.75) is 45.6 Å². The standard InChI is InChI=1S/C18H25BrN2O2/c1-3-13(2)20-18(23)15-8-10-21(11-9-15)17(22)12-14-4-6-16(19)7-5-14/h4-7,13,15H,3,8-12H2,1-2H3,(H,20,23). The van der Waals surface area contributed by atoms with Gasteiger partial charge in [-0.2, -0.15) is 0 Å². The lowest BCUT2D eigenvalue weighted by molar-refractivity contribution is -0.135. The van der Waals surface area contributed by atoms with Crippen LogP contribution >= 0.6 is 15.9 Å². The van der Waals surface area contributed by atoms with E-state index in [9.17, 15) is 9.59 Å². The van der Waals surface area contributed by atoms with Crippen molar-refractivity contribution in [1.29, 1.82) is 0 Å². The Balaban J connectivity index is 1.80. The van der Waals surface area contributed by atoms with Crippen LogP contribution in [0.4, 0.5) is 0 Å². The minimum atomic E-state index is 0.0423. The lowest BCUT2D eigenvalue weighted by Gasteiger charge is -2.32. The van der Waals surface area contributed by atoms with Crippen molar-refractivity contribution >= 4 is 27.7 Å². The third kappa shape index (κ3) is 5.34. The van der Waals surface area contributed by atoms with Gasteiger partial charge in [0, 0.05) is 29.5 Å². The van der Waals surface area contributed by atoms with Gasteiger partial charge in [0.2, 0.25) is 11.8 Å². The van der Waals surface area contributed by atoms with Gasteiger partial charge >= 0.3 is 0 Å². The average Bonchev–Trinajstić information content (AvgIpc) is 2.56. The predicted octanol–water partition coefficient (Wildman–Crippen LogP) is 3.14. The van der Waals surface area contributed by atoms with Crippen LogP contribution in [0.5, 0.6) is 0 Å². The number of rotatable bonds is 5. The second-order valence-electron chi connectivity index (χ2n) is 6.28. The predicted molar refractivity (Wildman–Crippen MR) is 95.0 cm³/mol. The first-order valence-corrected chi connectivity index (χ1v) is 9.11. The van der Waals surface area contributed by atoms with E-state index in [1.807, 2.05) is 36.1 Å². The molecule has 1 atom stereocenters. The number of hydrogen-bond acceptors (Lipinski definition) is 2. The number of amides is 2. The molecule has 0 bridgehead atoms. The van der Waals surface area contributed by atoms with Crippen LogP contribution in [0.15, 0.2) is 28.7 Å². The maximum atomic E-state index is 12.4. The molecular formula is C18H25BrN2O2. The molecule has 1 aliphatic rings. The maximum Gasteiger partial charge on any atom is 0.226 e. The number of likely N-dealkylation sites (tertiary alicyclic amines) is 1. The van der Waals surface area contributed by atoms with Crippen LogP contribution in [-0.4, -0.2) is 35.8 Å². The third-order valence-electron chi connectivity index (χ3n) is 4.49. The highest BCUT2D eigenvalue weighted by atomic mass is 79.9. The van der Waals surface area contributed by atoms with Gasteiger partial charge in [-0.25, -0.2) is 0 Å². The van der Waals surface area contributed by atoms with Gasteiger partial charge in [-0.05, 0) is 43.9 Å². The Morgan fingerprint density at radius 1 is 1.26 bits per heavy atom. The molecule has 0 radical (unpaired) electrons. The van der Waals surface area contributed by atoms with E-state index >= 15 is 0 Å². The Morgan fingerprint density at radius 2 is 1.87 bits per heavy atom. The number of benzene rings is 1. The molecule has 1 aliphatic heterocycles. The van der Waals surface area contributed by atoms with E-state index < -0.39 is 0 Å². The second-order valence-corrected chi connectivity index (χ2v) is 7.19. The highest BCUT2D eigenvalue weighted by Crippen LogP contribution is 2.19. The molecule has 1 unspecified atom stereocenters. The van der Waals surface area contributed by atoms with Crippen molar-refractivity contribution in [2.24, 2.45) is 5.92 Å². The molecule has 0 aromatic heterocycles. The van der Waals surface area contributed by atoms with E-state index in [-0.39, 0.29) is 23.8 Å². The van der Waals surface area contributed by atoms with Gasteiger partial charge in [0.05, 0.1) is 6.42 Å². The number of piperidine rings is 1. The van der Waals surface area contributed by atoms with E-state index in [1.165, 1.54) is 0 Å². The molecule has 5 heteroatoms. The Kier molecular flexibility index (Phi) is 6.63. The monoisotopic (exact) mass is 380 g/mol. The lowest BCUT2D eigenvalue weighted by atomic mass is 9.95. The maximum absolute atomic E-state index is 12.4. The van der Waals surface area contributed by atoms with Crippen molar-refractivity contribution in [1.82, 2.24) is 10.2 Å². The fourth-order valence-electron chi connectivity index (χ4n) is 2.74. The van der Waals surface area contributed by atoms with Gasteiger partial charge in [-0.1, -0.05) is 35.0 Å². The number of nitrogens with zero attached hydrogens (tertiary/aromatic N) is 1.